The fraction of sp³-hybridized carbons (Fsp3) is 0.208. The van der Waals surface area contributed by atoms with Gasteiger partial charge >= 0.3 is 0 Å². The molecule has 0 bridgehead atoms. The Bertz CT molecular complexity index is 1220. The van der Waals surface area contributed by atoms with Crippen LogP contribution in [0, 0.1) is 13.8 Å². The summed E-state index contributed by atoms with van der Waals surface area (Å²) in [5.41, 5.74) is 3.20. The first-order valence-electron chi connectivity index (χ1n) is 9.92. The van der Waals surface area contributed by atoms with Crippen LogP contribution in [0.3, 0.4) is 0 Å². The van der Waals surface area contributed by atoms with Gasteiger partial charge in [-0.25, -0.2) is 8.42 Å². The summed E-state index contributed by atoms with van der Waals surface area (Å²) in [6.07, 6.45) is 0. The summed E-state index contributed by atoms with van der Waals surface area (Å²) in [4.78, 5) is 12.8. The van der Waals surface area contributed by atoms with Crippen molar-refractivity contribution in [3.8, 4) is 11.5 Å². The van der Waals surface area contributed by atoms with Gasteiger partial charge in [0.2, 0.25) is 0 Å². The summed E-state index contributed by atoms with van der Waals surface area (Å²) in [6.45, 7) is 3.94. The van der Waals surface area contributed by atoms with Crippen LogP contribution in [0.15, 0.2) is 65.6 Å². The maximum Gasteiger partial charge on any atom is 0.261 e. The molecule has 0 unspecified atom stereocenters. The summed E-state index contributed by atoms with van der Waals surface area (Å²) in [6, 6.07) is 16.8. The Labute approximate surface area is 188 Å². The fourth-order valence-corrected chi connectivity index (χ4v) is 4.19. The molecule has 32 heavy (non-hydrogen) atoms. The number of methoxy groups -OCH3 is 2. The maximum atomic E-state index is 12.7. The van der Waals surface area contributed by atoms with Gasteiger partial charge in [0.1, 0.15) is 0 Å². The molecule has 0 spiro atoms. The van der Waals surface area contributed by atoms with E-state index in [9.17, 15) is 13.2 Å². The van der Waals surface area contributed by atoms with Crippen molar-refractivity contribution in [2.45, 2.75) is 25.3 Å². The molecule has 0 aromatic heterocycles. The van der Waals surface area contributed by atoms with Gasteiger partial charge in [-0.1, -0.05) is 29.8 Å². The van der Waals surface area contributed by atoms with Crippen molar-refractivity contribution in [3.05, 3.63) is 82.9 Å². The standard InChI is InChI=1S/C24H26N2O5S/c1-16-5-10-20(11-6-16)32(28,29)26-21-14-19(9-7-17(21)2)24(27)25-15-18-8-12-22(30-3)23(13-18)31-4/h5-14,26H,15H2,1-4H3,(H,25,27). The number of hydrogen-bond acceptors (Lipinski definition) is 5. The molecule has 0 saturated carbocycles. The molecule has 7 nitrogen and oxygen atoms in total. The normalized spacial score (nSPS) is 11.0. The molecule has 0 heterocycles. The van der Waals surface area contributed by atoms with Crippen molar-refractivity contribution >= 4 is 21.6 Å². The Morgan fingerprint density at radius 1 is 0.875 bits per heavy atom. The minimum Gasteiger partial charge on any atom is -0.493 e. The average Bonchev–Trinajstić information content (AvgIpc) is 2.78. The van der Waals surface area contributed by atoms with Gasteiger partial charge in [-0.3, -0.25) is 9.52 Å². The van der Waals surface area contributed by atoms with Crippen molar-refractivity contribution in [3.63, 3.8) is 0 Å². The van der Waals surface area contributed by atoms with Crippen molar-refractivity contribution < 1.29 is 22.7 Å². The van der Waals surface area contributed by atoms with E-state index in [0.717, 1.165) is 11.1 Å². The smallest absolute Gasteiger partial charge is 0.261 e. The highest BCUT2D eigenvalue weighted by Crippen LogP contribution is 2.27. The van der Waals surface area contributed by atoms with E-state index in [-0.39, 0.29) is 17.3 Å². The lowest BCUT2D eigenvalue weighted by Gasteiger charge is -2.13. The largest absolute Gasteiger partial charge is 0.493 e. The summed E-state index contributed by atoms with van der Waals surface area (Å²) >= 11 is 0. The van der Waals surface area contributed by atoms with E-state index in [2.05, 4.69) is 10.0 Å². The molecule has 0 aliphatic rings. The lowest BCUT2D eigenvalue weighted by Crippen LogP contribution is -2.23. The van der Waals surface area contributed by atoms with E-state index >= 15 is 0 Å². The number of sulfonamides is 1. The number of benzene rings is 3. The molecule has 3 aromatic carbocycles. The summed E-state index contributed by atoms with van der Waals surface area (Å²) in [5.74, 6) is 0.851. The van der Waals surface area contributed by atoms with Crippen molar-refractivity contribution in [2.75, 3.05) is 18.9 Å². The number of aryl methyl sites for hydroxylation is 2. The maximum absolute atomic E-state index is 12.7. The van der Waals surface area contributed by atoms with E-state index in [1.165, 1.54) is 6.07 Å². The van der Waals surface area contributed by atoms with E-state index in [0.29, 0.717) is 28.3 Å². The number of rotatable bonds is 8. The second kappa shape index (κ2) is 9.74. The lowest BCUT2D eigenvalue weighted by molar-refractivity contribution is 0.0951. The van der Waals surface area contributed by atoms with Gasteiger partial charge in [0, 0.05) is 12.1 Å². The molecule has 8 heteroatoms. The zero-order chi connectivity index (χ0) is 23.3. The monoisotopic (exact) mass is 454 g/mol. The SMILES string of the molecule is COc1ccc(CNC(=O)c2ccc(C)c(NS(=O)(=O)c3ccc(C)cc3)c2)cc1OC. The molecule has 0 aliphatic carbocycles. The van der Waals surface area contributed by atoms with Gasteiger partial charge in [-0.2, -0.15) is 0 Å². The third kappa shape index (κ3) is 5.39. The third-order valence-electron chi connectivity index (χ3n) is 4.98. The van der Waals surface area contributed by atoms with Crippen molar-refractivity contribution in [1.82, 2.24) is 5.32 Å². The van der Waals surface area contributed by atoms with E-state index in [4.69, 9.17) is 9.47 Å². The second-order valence-corrected chi connectivity index (χ2v) is 9.00. The van der Waals surface area contributed by atoms with Crippen molar-refractivity contribution in [1.29, 1.82) is 0 Å². The summed E-state index contributed by atoms with van der Waals surface area (Å²) < 4.78 is 38.6. The van der Waals surface area contributed by atoms with Crippen LogP contribution in [0.25, 0.3) is 0 Å². The molecule has 0 aliphatic heterocycles. The van der Waals surface area contributed by atoms with Crippen LogP contribution in [0.4, 0.5) is 5.69 Å². The zero-order valence-electron chi connectivity index (χ0n) is 18.4. The van der Waals surface area contributed by atoms with Crippen LogP contribution in [-0.2, 0) is 16.6 Å². The number of nitrogens with one attached hydrogen (secondary N) is 2. The quantitative estimate of drug-likeness (QED) is 0.536. The molecule has 0 saturated heterocycles. The van der Waals surface area contributed by atoms with Gasteiger partial charge in [0.15, 0.2) is 11.5 Å². The van der Waals surface area contributed by atoms with Crippen LogP contribution < -0.4 is 19.5 Å². The minimum absolute atomic E-state index is 0.158. The Balaban J connectivity index is 1.75. The first-order chi connectivity index (χ1) is 15.2. The van der Waals surface area contributed by atoms with E-state index in [1.54, 1.807) is 69.7 Å². The van der Waals surface area contributed by atoms with Crippen LogP contribution in [0.1, 0.15) is 27.0 Å². The van der Waals surface area contributed by atoms with Crippen LogP contribution >= 0.6 is 0 Å². The molecule has 3 rings (SSSR count). The van der Waals surface area contributed by atoms with E-state index in [1.807, 2.05) is 13.0 Å². The summed E-state index contributed by atoms with van der Waals surface area (Å²) in [7, 11) is -0.668. The Hall–Kier alpha value is -3.52. The number of anilines is 1. The van der Waals surface area contributed by atoms with Crippen molar-refractivity contribution in [2.24, 2.45) is 0 Å². The minimum atomic E-state index is -3.77. The van der Waals surface area contributed by atoms with Gasteiger partial charge < -0.3 is 14.8 Å². The van der Waals surface area contributed by atoms with Crippen LogP contribution in [0.2, 0.25) is 0 Å². The first-order valence-corrected chi connectivity index (χ1v) is 11.4. The topological polar surface area (TPSA) is 93.7 Å². The lowest BCUT2D eigenvalue weighted by atomic mass is 10.1. The molecule has 0 radical (unpaired) electrons. The molecular weight excluding hydrogens is 428 g/mol. The fourth-order valence-electron chi connectivity index (χ4n) is 3.07. The zero-order valence-corrected chi connectivity index (χ0v) is 19.2. The molecular formula is C24H26N2O5S. The molecule has 3 aromatic rings. The highest BCUT2D eigenvalue weighted by atomic mass is 32.2. The highest BCUT2D eigenvalue weighted by Gasteiger charge is 2.17. The molecule has 1 amide bonds. The first kappa shape index (κ1) is 23.1. The molecule has 0 fully saturated rings. The Morgan fingerprint density at radius 2 is 1.56 bits per heavy atom. The Morgan fingerprint density at radius 3 is 2.22 bits per heavy atom. The van der Waals surface area contributed by atoms with Gasteiger partial charge in [-0.05, 0) is 61.4 Å². The second-order valence-electron chi connectivity index (χ2n) is 7.32. The molecule has 0 atom stereocenters. The van der Waals surface area contributed by atoms with Gasteiger partial charge in [0.05, 0.1) is 24.8 Å². The van der Waals surface area contributed by atoms with Gasteiger partial charge in [-0.15, -0.1) is 0 Å². The number of ether oxygens (including phenoxy) is 2. The average molecular weight is 455 g/mol. The number of carbonyl (C=O) groups excluding carboxylic acids is 1. The van der Waals surface area contributed by atoms with E-state index < -0.39 is 10.0 Å². The summed E-state index contributed by atoms with van der Waals surface area (Å²) in [5, 5.41) is 2.84. The highest BCUT2D eigenvalue weighted by molar-refractivity contribution is 7.92. The Kier molecular flexibility index (Phi) is 7.05. The van der Waals surface area contributed by atoms with Crippen LogP contribution in [-0.4, -0.2) is 28.5 Å². The molecule has 168 valence electrons. The molecule has 2 N–H and O–H groups in total. The number of amides is 1. The predicted molar refractivity (Wildman–Crippen MR) is 124 cm³/mol. The van der Waals surface area contributed by atoms with Gasteiger partial charge in [0.25, 0.3) is 15.9 Å². The third-order valence-corrected chi connectivity index (χ3v) is 6.36. The van der Waals surface area contributed by atoms with Crippen LogP contribution in [0.5, 0.6) is 11.5 Å². The predicted octanol–water partition coefficient (Wildman–Crippen LogP) is 4.05. The number of hydrogen-bond donors (Lipinski definition) is 2. The number of carbonyl (C=O) groups is 1.